The zero-order valence-electron chi connectivity index (χ0n) is 8.95. The van der Waals surface area contributed by atoms with E-state index in [4.69, 9.17) is 10.6 Å². The Morgan fingerprint density at radius 2 is 2.36 bits per heavy atom. The number of hydrogen-bond donors (Lipinski definition) is 2. The Labute approximate surface area is 90.4 Å². The molecule has 3 nitrogen and oxygen atoms in total. The van der Waals surface area contributed by atoms with Crippen molar-refractivity contribution < 1.29 is 4.74 Å². The number of rotatable bonds is 6. The van der Waals surface area contributed by atoms with Crippen LogP contribution in [0.2, 0.25) is 0 Å². The van der Waals surface area contributed by atoms with Gasteiger partial charge in [-0.05, 0) is 17.7 Å². The molecule has 1 rings (SSSR count). The van der Waals surface area contributed by atoms with Crippen molar-refractivity contribution in [2.45, 2.75) is 26.3 Å². The molecule has 1 heterocycles. The molecule has 14 heavy (non-hydrogen) atoms. The smallest absolute Gasteiger partial charge is 0.111 e. The molecule has 1 aliphatic heterocycles. The lowest BCUT2D eigenvalue weighted by Crippen LogP contribution is -2.38. The number of nitrogens with two attached hydrogens (primary N) is 1. The summed E-state index contributed by atoms with van der Waals surface area (Å²) in [6, 6.07) is 0.182. The van der Waals surface area contributed by atoms with Gasteiger partial charge in [-0.25, -0.2) is 5.43 Å². The Morgan fingerprint density at radius 1 is 1.57 bits per heavy atom. The molecule has 0 fully saturated rings. The van der Waals surface area contributed by atoms with Gasteiger partial charge in [0.1, 0.15) is 5.76 Å². The first kappa shape index (κ1) is 11.9. The van der Waals surface area contributed by atoms with Crippen molar-refractivity contribution >= 4 is 11.8 Å². The Bertz CT molecular complexity index is 195. The molecule has 0 spiro atoms. The third-order valence-electron chi connectivity index (χ3n) is 2.01. The molecule has 0 aromatic rings. The van der Waals surface area contributed by atoms with Crippen LogP contribution in [0.5, 0.6) is 0 Å². The normalized spacial score (nSPS) is 18.1. The fourth-order valence-electron chi connectivity index (χ4n) is 1.31. The first-order valence-corrected chi connectivity index (χ1v) is 6.26. The van der Waals surface area contributed by atoms with E-state index in [9.17, 15) is 0 Å². The summed E-state index contributed by atoms with van der Waals surface area (Å²) in [5.74, 6) is 9.39. The summed E-state index contributed by atoms with van der Waals surface area (Å²) in [7, 11) is 0. The van der Waals surface area contributed by atoms with Crippen LogP contribution in [0.1, 0.15) is 20.3 Å². The summed E-state index contributed by atoms with van der Waals surface area (Å²) in [4.78, 5) is 0. The van der Waals surface area contributed by atoms with E-state index < -0.39 is 0 Å². The average Bonchev–Trinajstić information content (AvgIpc) is 2.64. The maximum atomic E-state index is 5.49. The van der Waals surface area contributed by atoms with Crippen molar-refractivity contribution in [3.05, 3.63) is 11.8 Å². The monoisotopic (exact) mass is 216 g/mol. The van der Waals surface area contributed by atoms with E-state index in [0.29, 0.717) is 0 Å². The van der Waals surface area contributed by atoms with Gasteiger partial charge in [-0.1, -0.05) is 13.8 Å². The van der Waals surface area contributed by atoms with Gasteiger partial charge in [-0.3, -0.25) is 5.84 Å². The summed E-state index contributed by atoms with van der Waals surface area (Å²) in [5.41, 5.74) is 2.80. The van der Waals surface area contributed by atoms with Gasteiger partial charge in [-0.2, -0.15) is 11.8 Å². The summed E-state index contributed by atoms with van der Waals surface area (Å²) in [5, 5.41) is 0. The number of nitrogens with one attached hydrogen (secondary N) is 1. The van der Waals surface area contributed by atoms with Gasteiger partial charge >= 0.3 is 0 Å². The predicted octanol–water partition coefficient (Wildman–Crippen LogP) is 1.51. The van der Waals surface area contributed by atoms with Gasteiger partial charge in [0.2, 0.25) is 0 Å². The molecule has 3 N–H and O–H groups in total. The molecule has 82 valence electrons. The standard InChI is InChI=1S/C10H20N2OS/c1-8(2)6-14-7-9(12-11)10-4-3-5-13-10/h4,8-9,12H,3,5-7,11H2,1-2H3. The Kier molecular flexibility index (Phi) is 5.37. The van der Waals surface area contributed by atoms with Crippen molar-refractivity contribution in [2.24, 2.45) is 11.8 Å². The van der Waals surface area contributed by atoms with Crippen LogP contribution < -0.4 is 11.3 Å². The van der Waals surface area contributed by atoms with Crippen LogP contribution in [0, 0.1) is 5.92 Å². The van der Waals surface area contributed by atoms with E-state index in [1.165, 1.54) is 5.75 Å². The first-order valence-electron chi connectivity index (χ1n) is 5.10. The number of hydrogen-bond acceptors (Lipinski definition) is 4. The molecule has 1 unspecified atom stereocenters. The number of ether oxygens (including phenoxy) is 1. The molecular weight excluding hydrogens is 196 g/mol. The summed E-state index contributed by atoms with van der Waals surface area (Å²) < 4.78 is 5.47. The molecule has 0 bridgehead atoms. The van der Waals surface area contributed by atoms with Gasteiger partial charge < -0.3 is 4.74 Å². The van der Waals surface area contributed by atoms with Crippen molar-refractivity contribution in [1.29, 1.82) is 0 Å². The minimum Gasteiger partial charge on any atom is -0.496 e. The lowest BCUT2D eigenvalue weighted by molar-refractivity contribution is 0.220. The second-order valence-electron chi connectivity index (χ2n) is 3.89. The fraction of sp³-hybridized carbons (Fsp3) is 0.800. The minimum atomic E-state index is 0.182. The van der Waals surface area contributed by atoms with Crippen molar-refractivity contribution in [1.82, 2.24) is 5.43 Å². The highest BCUT2D eigenvalue weighted by molar-refractivity contribution is 7.99. The van der Waals surface area contributed by atoms with E-state index in [-0.39, 0.29) is 6.04 Å². The topological polar surface area (TPSA) is 47.3 Å². The predicted molar refractivity (Wildman–Crippen MR) is 61.9 cm³/mol. The molecule has 1 aliphatic rings. The highest BCUT2D eigenvalue weighted by Crippen LogP contribution is 2.17. The largest absolute Gasteiger partial charge is 0.496 e. The van der Waals surface area contributed by atoms with Crippen LogP contribution in [-0.4, -0.2) is 24.2 Å². The quantitative estimate of drug-likeness (QED) is 0.522. The average molecular weight is 216 g/mol. The zero-order chi connectivity index (χ0) is 10.4. The molecule has 0 aliphatic carbocycles. The highest BCUT2D eigenvalue weighted by atomic mass is 32.2. The maximum Gasteiger partial charge on any atom is 0.111 e. The first-order chi connectivity index (χ1) is 6.74. The van der Waals surface area contributed by atoms with E-state index >= 15 is 0 Å². The van der Waals surface area contributed by atoms with E-state index in [1.54, 1.807) is 0 Å². The van der Waals surface area contributed by atoms with E-state index in [0.717, 1.165) is 30.5 Å². The van der Waals surface area contributed by atoms with Crippen molar-refractivity contribution in [3.8, 4) is 0 Å². The molecule has 0 amide bonds. The lowest BCUT2D eigenvalue weighted by Gasteiger charge is -2.17. The highest BCUT2D eigenvalue weighted by Gasteiger charge is 2.17. The molecule has 0 saturated carbocycles. The van der Waals surface area contributed by atoms with Crippen molar-refractivity contribution in [2.75, 3.05) is 18.1 Å². The Hall–Kier alpha value is -0.190. The van der Waals surface area contributed by atoms with Crippen LogP contribution >= 0.6 is 11.8 Å². The third-order valence-corrected chi connectivity index (χ3v) is 3.48. The Balaban J connectivity index is 2.24. The van der Waals surface area contributed by atoms with Crippen molar-refractivity contribution in [3.63, 3.8) is 0 Å². The summed E-state index contributed by atoms with van der Waals surface area (Å²) in [6.07, 6.45) is 3.14. The zero-order valence-corrected chi connectivity index (χ0v) is 9.77. The third kappa shape index (κ3) is 3.90. The van der Waals surface area contributed by atoms with Crippen LogP contribution in [0.15, 0.2) is 11.8 Å². The van der Waals surface area contributed by atoms with Gasteiger partial charge in [0.05, 0.1) is 12.6 Å². The van der Waals surface area contributed by atoms with E-state index in [2.05, 4.69) is 25.3 Å². The van der Waals surface area contributed by atoms with Crippen LogP contribution in [0.3, 0.4) is 0 Å². The van der Waals surface area contributed by atoms with Crippen LogP contribution in [0.25, 0.3) is 0 Å². The minimum absolute atomic E-state index is 0.182. The summed E-state index contributed by atoms with van der Waals surface area (Å²) >= 11 is 1.92. The number of thioether (sulfide) groups is 1. The second kappa shape index (κ2) is 6.32. The molecule has 1 atom stereocenters. The van der Waals surface area contributed by atoms with Gasteiger partial charge in [0, 0.05) is 12.2 Å². The molecule has 0 saturated heterocycles. The van der Waals surface area contributed by atoms with Crippen LogP contribution in [0.4, 0.5) is 0 Å². The SMILES string of the molecule is CC(C)CSCC(NN)C1=CCCO1. The second-order valence-corrected chi connectivity index (χ2v) is 4.97. The fourth-order valence-corrected chi connectivity index (χ4v) is 2.42. The Morgan fingerprint density at radius 3 is 2.86 bits per heavy atom. The van der Waals surface area contributed by atoms with E-state index in [1.807, 2.05) is 11.8 Å². The molecule has 4 heteroatoms. The lowest BCUT2D eigenvalue weighted by atomic mass is 10.3. The molecule has 0 aromatic carbocycles. The van der Waals surface area contributed by atoms with Gasteiger partial charge in [0.15, 0.2) is 0 Å². The molecular formula is C10H20N2OS. The summed E-state index contributed by atoms with van der Waals surface area (Å²) in [6.45, 7) is 5.26. The number of hydrazine groups is 1. The van der Waals surface area contributed by atoms with Gasteiger partial charge in [-0.15, -0.1) is 0 Å². The molecule has 0 aromatic heterocycles. The molecule has 0 radical (unpaired) electrons. The maximum absolute atomic E-state index is 5.49. The van der Waals surface area contributed by atoms with Crippen LogP contribution in [-0.2, 0) is 4.74 Å². The van der Waals surface area contributed by atoms with Gasteiger partial charge in [0.25, 0.3) is 0 Å².